The van der Waals surface area contributed by atoms with Crippen molar-refractivity contribution in [1.82, 2.24) is 10.6 Å². The number of nitrogens with one attached hydrogen (secondary N) is 2. The second-order valence-electron chi connectivity index (χ2n) is 6.31. The van der Waals surface area contributed by atoms with Crippen molar-refractivity contribution in [2.45, 2.75) is 58.0 Å². The van der Waals surface area contributed by atoms with Gasteiger partial charge >= 0.3 is 0 Å². The topological polar surface area (TPSA) is 24.1 Å². The van der Waals surface area contributed by atoms with E-state index in [0.717, 1.165) is 31.5 Å². The van der Waals surface area contributed by atoms with Gasteiger partial charge in [0.15, 0.2) is 0 Å². The Balaban J connectivity index is 1.86. The van der Waals surface area contributed by atoms with Crippen LogP contribution in [0.2, 0.25) is 0 Å². The van der Waals surface area contributed by atoms with Gasteiger partial charge in [0.05, 0.1) is 0 Å². The van der Waals surface area contributed by atoms with Crippen molar-refractivity contribution in [1.29, 1.82) is 0 Å². The van der Waals surface area contributed by atoms with Crippen molar-refractivity contribution >= 4 is 0 Å². The minimum absolute atomic E-state index is 0.720. The normalized spacial score (nSPS) is 23.5. The average molecular weight is 274 g/mol. The highest BCUT2D eigenvalue weighted by atomic mass is 14.9. The first-order valence-corrected chi connectivity index (χ1v) is 8.24. The van der Waals surface area contributed by atoms with E-state index in [9.17, 15) is 0 Å². The third-order valence-corrected chi connectivity index (χ3v) is 4.60. The molecule has 20 heavy (non-hydrogen) atoms. The summed E-state index contributed by atoms with van der Waals surface area (Å²) in [5.41, 5.74) is 2.95. The van der Waals surface area contributed by atoms with Crippen LogP contribution in [-0.4, -0.2) is 19.6 Å². The Labute approximate surface area is 124 Å². The first kappa shape index (κ1) is 15.5. The van der Waals surface area contributed by atoms with Gasteiger partial charge in [0.1, 0.15) is 0 Å². The molecule has 0 heterocycles. The zero-order chi connectivity index (χ0) is 14.2. The second-order valence-corrected chi connectivity index (χ2v) is 6.31. The summed E-state index contributed by atoms with van der Waals surface area (Å²) in [6.07, 6.45) is 8.01. The van der Waals surface area contributed by atoms with E-state index in [0.29, 0.717) is 0 Å². The SMILES string of the molecule is CNCCc1ccccc1CNC1CCCC(C)CC1. The zero-order valence-electron chi connectivity index (χ0n) is 13.1. The molecule has 1 aromatic carbocycles. The molecule has 0 aliphatic heterocycles. The summed E-state index contributed by atoms with van der Waals surface area (Å²) in [7, 11) is 2.02. The summed E-state index contributed by atoms with van der Waals surface area (Å²) in [4.78, 5) is 0. The predicted molar refractivity (Wildman–Crippen MR) is 86.9 cm³/mol. The first-order valence-electron chi connectivity index (χ1n) is 8.24. The van der Waals surface area contributed by atoms with Gasteiger partial charge in [-0.3, -0.25) is 0 Å². The lowest BCUT2D eigenvalue weighted by molar-refractivity contribution is 0.446. The predicted octanol–water partition coefficient (Wildman–Crippen LogP) is 3.51. The molecule has 2 nitrogen and oxygen atoms in total. The van der Waals surface area contributed by atoms with Crippen LogP contribution in [0, 0.1) is 5.92 Å². The minimum atomic E-state index is 0.720. The van der Waals surface area contributed by atoms with E-state index in [-0.39, 0.29) is 0 Å². The molecule has 2 N–H and O–H groups in total. The Kier molecular flexibility index (Phi) is 6.55. The second kappa shape index (κ2) is 8.43. The van der Waals surface area contributed by atoms with Gasteiger partial charge in [-0.05, 0) is 56.3 Å². The Morgan fingerprint density at radius 1 is 1.05 bits per heavy atom. The monoisotopic (exact) mass is 274 g/mol. The third-order valence-electron chi connectivity index (χ3n) is 4.60. The molecule has 0 saturated heterocycles. The lowest BCUT2D eigenvalue weighted by Crippen LogP contribution is -2.28. The smallest absolute Gasteiger partial charge is 0.0210 e. The minimum Gasteiger partial charge on any atom is -0.319 e. The van der Waals surface area contributed by atoms with Crippen molar-refractivity contribution in [3.8, 4) is 0 Å². The van der Waals surface area contributed by atoms with Crippen LogP contribution in [0.25, 0.3) is 0 Å². The molecule has 112 valence electrons. The standard InChI is InChI=1S/C18H30N2/c1-15-6-5-9-18(11-10-15)20-14-17-8-4-3-7-16(17)12-13-19-2/h3-4,7-8,15,18-20H,5-6,9-14H2,1-2H3. The van der Waals surface area contributed by atoms with Crippen molar-refractivity contribution < 1.29 is 0 Å². The van der Waals surface area contributed by atoms with E-state index in [1.807, 2.05) is 7.05 Å². The Morgan fingerprint density at radius 2 is 1.85 bits per heavy atom. The maximum absolute atomic E-state index is 3.79. The van der Waals surface area contributed by atoms with Crippen LogP contribution in [0.4, 0.5) is 0 Å². The molecule has 2 rings (SSSR count). The highest BCUT2D eigenvalue weighted by molar-refractivity contribution is 5.27. The lowest BCUT2D eigenvalue weighted by Gasteiger charge is -2.18. The molecule has 0 radical (unpaired) electrons. The van der Waals surface area contributed by atoms with Crippen molar-refractivity contribution in [3.05, 3.63) is 35.4 Å². The van der Waals surface area contributed by atoms with Gasteiger partial charge < -0.3 is 10.6 Å². The summed E-state index contributed by atoms with van der Waals surface area (Å²) in [5.74, 6) is 0.921. The molecule has 1 aliphatic carbocycles. The van der Waals surface area contributed by atoms with Crippen LogP contribution in [0.3, 0.4) is 0 Å². The number of hydrogen-bond acceptors (Lipinski definition) is 2. The fraction of sp³-hybridized carbons (Fsp3) is 0.667. The van der Waals surface area contributed by atoms with Gasteiger partial charge in [-0.1, -0.05) is 44.0 Å². The molecule has 1 aliphatic rings. The molecule has 1 saturated carbocycles. The Morgan fingerprint density at radius 3 is 2.65 bits per heavy atom. The van der Waals surface area contributed by atoms with E-state index in [4.69, 9.17) is 0 Å². The van der Waals surface area contributed by atoms with E-state index < -0.39 is 0 Å². The fourth-order valence-corrected chi connectivity index (χ4v) is 3.18. The molecule has 2 unspecified atom stereocenters. The Bertz CT molecular complexity index is 389. The quantitative estimate of drug-likeness (QED) is 0.776. The lowest BCUT2D eigenvalue weighted by atomic mass is 10.0. The molecular formula is C18H30N2. The van der Waals surface area contributed by atoms with E-state index >= 15 is 0 Å². The molecule has 1 aromatic rings. The van der Waals surface area contributed by atoms with Crippen molar-refractivity contribution in [2.75, 3.05) is 13.6 Å². The van der Waals surface area contributed by atoms with Gasteiger partial charge in [0.25, 0.3) is 0 Å². The molecule has 0 bridgehead atoms. The van der Waals surface area contributed by atoms with E-state index in [2.05, 4.69) is 41.8 Å². The molecular weight excluding hydrogens is 244 g/mol. The fourth-order valence-electron chi connectivity index (χ4n) is 3.18. The zero-order valence-corrected chi connectivity index (χ0v) is 13.1. The van der Waals surface area contributed by atoms with Crippen LogP contribution in [-0.2, 0) is 13.0 Å². The van der Waals surface area contributed by atoms with Crippen molar-refractivity contribution in [3.63, 3.8) is 0 Å². The number of benzene rings is 1. The summed E-state index contributed by atoms with van der Waals surface area (Å²) in [6, 6.07) is 9.58. The molecule has 0 spiro atoms. The highest BCUT2D eigenvalue weighted by Gasteiger charge is 2.15. The van der Waals surface area contributed by atoms with Gasteiger partial charge in [0.2, 0.25) is 0 Å². The van der Waals surface area contributed by atoms with Gasteiger partial charge in [-0.2, -0.15) is 0 Å². The van der Waals surface area contributed by atoms with Gasteiger partial charge in [-0.25, -0.2) is 0 Å². The summed E-state index contributed by atoms with van der Waals surface area (Å²) >= 11 is 0. The van der Waals surface area contributed by atoms with Gasteiger partial charge in [0, 0.05) is 12.6 Å². The molecule has 2 atom stereocenters. The third kappa shape index (κ3) is 4.92. The van der Waals surface area contributed by atoms with Crippen LogP contribution < -0.4 is 10.6 Å². The van der Waals surface area contributed by atoms with Crippen LogP contribution in [0.15, 0.2) is 24.3 Å². The molecule has 2 heteroatoms. The van der Waals surface area contributed by atoms with Crippen LogP contribution in [0.5, 0.6) is 0 Å². The summed E-state index contributed by atoms with van der Waals surface area (Å²) in [6.45, 7) is 4.48. The number of hydrogen-bond donors (Lipinski definition) is 2. The largest absolute Gasteiger partial charge is 0.319 e. The first-order chi connectivity index (χ1) is 9.79. The Hall–Kier alpha value is -0.860. The van der Waals surface area contributed by atoms with Gasteiger partial charge in [-0.15, -0.1) is 0 Å². The molecule has 1 fully saturated rings. The summed E-state index contributed by atoms with van der Waals surface area (Å²) in [5, 5.41) is 7.04. The molecule has 0 aromatic heterocycles. The molecule has 0 amide bonds. The van der Waals surface area contributed by atoms with Crippen LogP contribution in [0.1, 0.15) is 50.2 Å². The summed E-state index contributed by atoms with van der Waals surface area (Å²) < 4.78 is 0. The van der Waals surface area contributed by atoms with Crippen molar-refractivity contribution in [2.24, 2.45) is 5.92 Å². The van der Waals surface area contributed by atoms with E-state index in [1.54, 1.807) is 0 Å². The highest BCUT2D eigenvalue weighted by Crippen LogP contribution is 2.23. The average Bonchev–Trinajstić information content (AvgIpc) is 2.68. The maximum Gasteiger partial charge on any atom is 0.0210 e. The van der Waals surface area contributed by atoms with Crippen LogP contribution >= 0.6 is 0 Å². The van der Waals surface area contributed by atoms with E-state index in [1.165, 1.54) is 43.2 Å². The number of rotatable bonds is 6. The number of likely N-dealkylation sites (N-methyl/N-ethyl adjacent to an activating group) is 1. The maximum atomic E-state index is 3.79.